The molecule has 0 unspecified atom stereocenters. The first-order chi connectivity index (χ1) is 9.38. The molecule has 94 valence electrons. The highest BCUT2D eigenvalue weighted by Crippen LogP contribution is 2.17. The number of rotatable bonds is 4. The van der Waals surface area contributed by atoms with E-state index in [0.717, 1.165) is 17.4 Å². The van der Waals surface area contributed by atoms with E-state index in [1.165, 1.54) is 0 Å². The number of nitrogens with zero attached hydrogens (tertiary/aromatic N) is 3. The molecule has 3 aromatic rings. The van der Waals surface area contributed by atoms with E-state index in [1.807, 2.05) is 22.7 Å². The first-order valence-corrected chi connectivity index (χ1v) is 5.80. The highest BCUT2D eigenvalue weighted by atomic mass is 16.5. The number of carbonyl (C=O) groups excluding carboxylic acids is 1. The lowest BCUT2D eigenvalue weighted by Crippen LogP contribution is -2.00. The predicted octanol–water partition coefficient (Wildman–Crippen LogP) is 2.12. The smallest absolute Gasteiger partial charge is 0.153 e. The monoisotopic (exact) mass is 253 g/mol. The van der Waals surface area contributed by atoms with E-state index >= 15 is 0 Å². The van der Waals surface area contributed by atoms with Gasteiger partial charge in [-0.1, -0.05) is 6.07 Å². The van der Waals surface area contributed by atoms with Crippen LogP contribution in [0.4, 0.5) is 0 Å². The molecule has 3 aromatic heterocycles. The minimum absolute atomic E-state index is 0.364. The molecule has 0 fully saturated rings. The molecular formula is C14H11N3O2. The van der Waals surface area contributed by atoms with Crippen LogP contribution in [0.3, 0.4) is 0 Å². The number of carbonyl (C=O) groups is 1. The van der Waals surface area contributed by atoms with Crippen molar-refractivity contribution < 1.29 is 9.53 Å². The molecule has 0 aliphatic heterocycles. The van der Waals surface area contributed by atoms with Crippen molar-refractivity contribution in [2.24, 2.45) is 0 Å². The number of hydrogen-bond donors (Lipinski definition) is 0. The van der Waals surface area contributed by atoms with E-state index in [-0.39, 0.29) is 0 Å². The van der Waals surface area contributed by atoms with Gasteiger partial charge in [0, 0.05) is 18.0 Å². The molecule has 0 amide bonds. The van der Waals surface area contributed by atoms with Crippen LogP contribution in [0.2, 0.25) is 0 Å². The van der Waals surface area contributed by atoms with Gasteiger partial charge >= 0.3 is 0 Å². The maximum Gasteiger partial charge on any atom is 0.153 e. The summed E-state index contributed by atoms with van der Waals surface area (Å²) in [6, 6.07) is 5.52. The summed E-state index contributed by atoms with van der Waals surface area (Å²) in [5, 5.41) is 0. The Morgan fingerprint density at radius 3 is 3.11 bits per heavy atom. The van der Waals surface area contributed by atoms with Crippen LogP contribution in [-0.2, 0) is 6.61 Å². The fourth-order valence-corrected chi connectivity index (χ4v) is 1.90. The molecule has 5 heteroatoms. The summed E-state index contributed by atoms with van der Waals surface area (Å²) < 4.78 is 7.58. The molecule has 0 bridgehead atoms. The Kier molecular flexibility index (Phi) is 2.94. The van der Waals surface area contributed by atoms with Crippen LogP contribution in [0.15, 0.2) is 49.3 Å². The average molecular weight is 253 g/mol. The Labute approximate surface area is 109 Å². The normalized spacial score (nSPS) is 10.5. The van der Waals surface area contributed by atoms with Crippen molar-refractivity contribution >= 4 is 11.8 Å². The minimum atomic E-state index is 0.364. The van der Waals surface area contributed by atoms with Gasteiger partial charge in [-0.25, -0.2) is 4.98 Å². The molecule has 0 aliphatic rings. The lowest BCUT2D eigenvalue weighted by molar-refractivity contribution is 0.111. The number of hydrogen-bond acceptors (Lipinski definition) is 4. The number of ether oxygens (including phenoxy) is 1. The van der Waals surface area contributed by atoms with Crippen molar-refractivity contribution in [3.8, 4) is 5.75 Å². The zero-order valence-electron chi connectivity index (χ0n) is 10.1. The molecule has 19 heavy (non-hydrogen) atoms. The van der Waals surface area contributed by atoms with E-state index in [4.69, 9.17) is 4.74 Å². The quantitative estimate of drug-likeness (QED) is 0.668. The number of aldehydes is 1. The van der Waals surface area contributed by atoms with Crippen LogP contribution in [0, 0.1) is 0 Å². The fourth-order valence-electron chi connectivity index (χ4n) is 1.90. The van der Waals surface area contributed by atoms with Gasteiger partial charge in [-0.15, -0.1) is 0 Å². The van der Waals surface area contributed by atoms with Crippen molar-refractivity contribution in [2.75, 3.05) is 0 Å². The number of imidazole rings is 1. The number of aromatic nitrogens is 3. The van der Waals surface area contributed by atoms with Gasteiger partial charge in [0.25, 0.3) is 0 Å². The van der Waals surface area contributed by atoms with E-state index in [1.54, 1.807) is 31.0 Å². The topological polar surface area (TPSA) is 56.5 Å². The third kappa shape index (κ3) is 2.18. The van der Waals surface area contributed by atoms with E-state index in [9.17, 15) is 4.79 Å². The van der Waals surface area contributed by atoms with Gasteiger partial charge in [0.05, 0.1) is 29.8 Å². The Morgan fingerprint density at radius 1 is 1.26 bits per heavy atom. The lowest BCUT2D eigenvalue weighted by atomic mass is 10.2. The van der Waals surface area contributed by atoms with Gasteiger partial charge in [0.2, 0.25) is 0 Å². The Morgan fingerprint density at radius 2 is 2.21 bits per heavy atom. The van der Waals surface area contributed by atoms with Gasteiger partial charge in [-0.3, -0.25) is 9.78 Å². The van der Waals surface area contributed by atoms with E-state index < -0.39 is 0 Å². The van der Waals surface area contributed by atoms with E-state index in [0.29, 0.717) is 17.9 Å². The SMILES string of the molecule is O=Cc1ccncc1OCc1cccn2cncc12. The van der Waals surface area contributed by atoms with Gasteiger partial charge in [-0.2, -0.15) is 0 Å². The Balaban J connectivity index is 1.86. The highest BCUT2D eigenvalue weighted by Gasteiger charge is 2.05. The third-order valence-electron chi connectivity index (χ3n) is 2.87. The Hall–Kier alpha value is -2.69. The summed E-state index contributed by atoms with van der Waals surface area (Å²) in [4.78, 5) is 18.9. The maximum absolute atomic E-state index is 10.9. The van der Waals surface area contributed by atoms with Crippen molar-refractivity contribution in [3.63, 3.8) is 0 Å². The van der Waals surface area contributed by atoms with Crippen LogP contribution in [0.1, 0.15) is 15.9 Å². The molecular weight excluding hydrogens is 242 g/mol. The van der Waals surface area contributed by atoms with Crippen molar-refractivity contribution in [2.45, 2.75) is 6.61 Å². The molecule has 0 N–H and O–H groups in total. The lowest BCUT2D eigenvalue weighted by Gasteiger charge is -2.08. The van der Waals surface area contributed by atoms with Crippen LogP contribution in [0.25, 0.3) is 5.52 Å². The van der Waals surface area contributed by atoms with Crippen LogP contribution >= 0.6 is 0 Å². The standard InChI is InChI=1S/C14H11N3O2/c18-8-11-3-4-15-7-14(11)19-9-12-2-1-5-17-10-16-6-13(12)17/h1-8,10H,9H2. The first kappa shape index (κ1) is 11.4. The molecule has 5 nitrogen and oxygen atoms in total. The second-order valence-corrected chi connectivity index (χ2v) is 4.04. The molecule has 0 aromatic carbocycles. The van der Waals surface area contributed by atoms with Gasteiger partial charge in [0.15, 0.2) is 6.29 Å². The van der Waals surface area contributed by atoms with Gasteiger partial charge in [-0.05, 0) is 12.1 Å². The third-order valence-corrected chi connectivity index (χ3v) is 2.87. The maximum atomic E-state index is 10.9. The fraction of sp³-hybridized carbons (Fsp3) is 0.0714. The van der Waals surface area contributed by atoms with E-state index in [2.05, 4.69) is 9.97 Å². The zero-order chi connectivity index (χ0) is 13.1. The number of pyridine rings is 2. The number of fused-ring (bicyclic) bond motifs is 1. The molecule has 0 saturated heterocycles. The Bertz CT molecular complexity index is 721. The summed E-state index contributed by atoms with van der Waals surface area (Å²) >= 11 is 0. The predicted molar refractivity (Wildman–Crippen MR) is 69.1 cm³/mol. The van der Waals surface area contributed by atoms with Crippen LogP contribution in [0.5, 0.6) is 5.75 Å². The molecule has 0 saturated carbocycles. The zero-order valence-corrected chi connectivity index (χ0v) is 10.1. The first-order valence-electron chi connectivity index (χ1n) is 5.80. The van der Waals surface area contributed by atoms with Gasteiger partial charge in [0.1, 0.15) is 12.4 Å². The summed E-state index contributed by atoms with van der Waals surface area (Å²) in [6.07, 6.45) is 9.31. The molecule has 3 heterocycles. The van der Waals surface area contributed by atoms with Crippen LogP contribution < -0.4 is 4.74 Å². The summed E-state index contributed by atoms with van der Waals surface area (Å²) in [5.74, 6) is 0.485. The minimum Gasteiger partial charge on any atom is -0.486 e. The summed E-state index contributed by atoms with van der Waals surface area (Å²) in [6.45, 7) is 0.364. The van der Waals surface area contributed by atoms with Crippen molar-refractivity contribution in [3.05, 3.63) is 60.4 Å². The molecule has 0 spiro atoms. The molecule has 0 radical (unpaired) electrons. The summed E-state index contributed by atoms with van der Waals surface area (Å²) in [5.41, 5.74) is 2.48. The molecule has 3 rings (SSSR count). The molecule has 0 aliphatic carbocycles. The second-order valence-electron chi connectivity index (χ2n) is 4.04. The summed E-state index contributed by atoms with van der Waals surface area (Å²) in [7, 11) is 0. The molecule has 0 atom stereocenters. The van der Waals surface area contributed by atoms with Crippen molar-refractivity contribution in [1.29, 1.82) is 0 Å². The highest BCUT2D eigenvalue weighted by molar-refractivity contribution is 5.78. The second kappa shape index (κ2) is 4.89. The largest absolute Gasteiger partial charge is 0.486 e. The van der Waals surface area contributed by atoms with Gasteiger partial charge < -0.3 is 9.14 Å². The van der Waals surface area contributed by atoms with Crippen molar-refractivity contribution in [1.82, 2.24) is 14.4 Å². The van der Waals surface area contributed by atoms with Crippen LogP contribution in [-0.4, -0.2) is 20.7 Å². The average Bonchev–Trinajstić information content (AvgIpc) is 2.94.